The molecule has 0 saturated carbocycles. The van der Waals surface area contributed by atoms with E-state index in [-0.39, 0.29) is 37.0 Å². The van der Waals surface area contributed by atoms with Crippen molar-refractivity contribution in [2.75, 3.05) is 0 Å². The molecule has 0 spiro atoms. The Bertz CT molecular complexity index is 11.2. The van der Waals surface area contributed by atoms with E-state index in [1.807, 2.05) is 0 Å². The van der Waals surface area contributed by atoms with E-state index in [1.165, 1.54) is 0 Å². The van der Waals surface area contributed by atoms with E-state index < -0.39 is 15.7 Å². The van der Waals surface area contributed by atoms with Crippen LogP contribution >= 0.6 is 31.6 Å². The Morgan fingerprint density at radius 3 is 0.750 bits per heavy atom. The predicted molar refractivity (Wildman–Crippen MR) is 39.0 cm³/mol. The zero-order valence-electron chi connectivity index (χ0n) is 4.33. The van der Waals surface area contributed by atoms with E-state index in [9.17, 15) is 0 Å². The quantitative estimate of drug-likeness (QED) is 0.522. The summed E-state index contributed by atoms with van der Waals surface area (Å²) in [5.41, 5.74) is 0. The Balaban J connectivity index is -0.00000000200. The van der Waals surface area contributed by atoms with Crippen molar-refractivity contribution in [3.63, 3.8) is 0 Å². The molecule has 0 unspecified atom stereocenters. The van der Waals surface area contributed by atoms with Gasteiger partial charge in [0.1, 0.15) is 0 Å². The monoisotopic (exact) mass is 367 g/mol. The van der Waals surface area contributed by atoms with Crippen LogP contribution in [0.3, 0.4) is 0 Å². The first-order valence-corrected chi connectivity index (χ1v) is 6.19. The molecule has 4 nitrogen and oxygen atoms in total. The van der Waals surface area contributed by atoms with Gasteiger partial charge >= 0.3 is 34.8 Å². The summed E-state index contributed by atoms with van der Waals surface area (Å²) in [5.74, 6) is 0. The van der Waals surface area contributed by atoms with Crippen molar-refractivity contribution in [2.24, 2.45) is 0 Å². The van der Waals surface area contributed by atoms with Gasteiger partial charge in [0, 0.05) is 0 Å². The van der Waals surface area contributed by atoms with Gasteiger partial charge in [-0.3, -0.25) is 0 Å². The van der Waals surface area contributed by atoms with Gasteiger partial charge in [0.05, 0.1) is 0 Å². The molecule has 63 valence electrons. The molecule has 0 saturated heterocycles. The molecule has 0 rings (SSSR count). The summed E-state index contributed by atoms with van der Waals surface area (Å²) in [4.78, 5) is 0. The van der Waals surface area contributed by atoms with E-state index in [2.05, 4.69) is 0 Å². The third-order valence-electron chi connectivity index (χ3n) is 0. The van der Waals surface area contributed by atoms with Gasteiger partial charge in [0.15, 0.2) is 0 Å². The van der Waals surface area contributed by atoms with Gasteiger partial charge in [-0.25, -0.2) is 0 Å². The Morgan fingerprint density at radius 1 is 0.750 bits per heavy atom. The van der Waals surface area contributed by atoms with E-state index in [4.69, 9.17) is 19.2 Å². The standard InChI is InChI=1S/3ClH.Ir.4H3N/h3*1H;;4*1H3/q;;;+2;;;;/p-2. The molecule has 12 N–H and O–H groups in total. The van der Waals surface area contributed by atoms with Crippen molar-refractivity contribution in [1.29, 1.82) is 0 Å². The van der Waals surface area contributed by atoms with Crippen LogP contribution in [-0.2, 0) is 15.7 Å². The summed E-state index contributed by atoms with van der Waals surface area (Å²) in [6.07, 6.45) is 0. The Kier molecular flexibility index (Phi) is 589. The average Bonchev–Trinajstić information content (AvgIpc) is 0.918. The van der Waals surface area contributed by atoms with Crippen LogP contribution in [0, 0.1) is 0 Å². The molecular weight excluding hydrogens is 355 g/mol. The van der Waals surface area contributed by atoms with Crippen molar-refractivity contribution < 1.29 is 15.7 Å². The summed E-state index contributed by atoms with van der Waals surface area (Å²) in [6.45, 7) is 0. The van der Waals surface area contributed by atoms with Crippen molar-refractivity contribution in [3.05, 3.63) is 0 Å². The predicted octanol–water partition coefficient (Wildman–Crippen LogP) is 2.45. The van der Waals surface area contributed by atoms with Gasteiger partial charge in [0.2, 0.25) is 0 Å². The van der Waals surface area contributed by atoms with Crippen LogP contribution in [0.1, 0.15) is 0 Å². The molecular formula is H13Cl3IrN4. The van der Waals surface area contributed by atoms with E-state index in [1.54, 1.807) is 0 Å². The Labute approximate surface area is 71.8 Å². The SMILES string of the molecule is Cl.N.N.N.N.[Cl][Ir][Cl]. The fraction of sp³-hybridized carbons (Fsp3) is 0. The second-order valence-corrected chi connectivity index (χ2v) is 3.51. The summed E-state index contributed by atoms with van der Waals surface area (Å²) < 4.78 is 0. The number of hydrogen-bond acceptors (Lipinski definition) is 4. The summed E-state index contributed by atoms with van der Waals surface area (Å²) in [5, 5.41) is 0. The normalized spacial score (nSPS) is 2.75. The number of rotatable bonds is 0. The second-order valence-electron chi connectivity index (χ2n) is 0.0476. The van der Waals surface area contributed by atoms with Crippen LogP contribution in [-0.4, -0.2) is 0 Å². The van der Waals surface area contributed by atoms with Gasteiger partial charge in [-0.05, 0) is 0 Å². The third kappa shape index (κ3) is 161. The molecule has 0 amide bonds. The molecule has 0 aliphatic rings. The topological polar surface area (TPSA) is 140 Å². The first-order chi connectivity index (χ1) is 1.41. The number of halogens is 3. The van der Waals surface area contributed by atoms with Crippen molar-refractivity contribution >= 4 is 31.6 Å². The zero-order chi connectivity index (χ0) is 2.71. The molecule has 0 fully saturated rings. The Morgan fingerprint density at radius 2 is 0.750 bits per heavy atom. The van der Waals surface area contributed by atoms with Crippen LogP contribution < -0.4 is 24.6 Å². The zero-order valence-corrected chi connectivity index (χ0v) is 9.05. The fourth-order valence-electron chi connectivity index (χ4n) is 0. The molecule has 0 aromatic rings. The molecule has 0 aromatic carbocycles. The molecule has 0 aliphatic heterocycles. The van der Waals surface area contributed by atoms with Gasteiger partial charge in [0.25, 0.3) is 0 Å². The van der Waals surface area contributed by atoms with Crippen molar-refractivity contribution in [3.8, 4) is 0 Å². The van der Waals surface area contributed by atoms with Crippen LogP contribution in [0.2, 0.25) is 0 Å². The molecule has 8 heteroatoms. The minimum atomic E-state index is -0.556. The van der Waals surface area contributed by atoms with Crippen LogP contribution in [0.15, 0.2) is 0 Å². The van der Waals surface area contributed by atoms with Gasteiger partial charge in [-0.2, -0.15) is 0 Å². The van der Waals surface area contributed by atoms with Crippen LogP contribution in [0.4, 0.5) is 0 Å². The molecule has 0 radical (unpaired) electrons. The third-order valence-corrected chi connectivity index (χ3v) is 0. The minimum absolute atomic E-state index is 0. The molecule has 8 heavy (non-hydrogen) atoms. The molecule has 0 heterocycles. The van der Waals surface area contributed by atoms with E-state index in [0.29, 0.717) is 0 Å². The average molecular weight is 368 g/mol. The number of hydrogen-bond donors (Lipinski definition) is 4. The van der Waals surface area contributed by atoms with E-state index >= 15 is 0 Å². The van der Waals surface area contributed by atoms with Gasteiger partial charge < -0.3 is 24.6 Å². The molecule has 0 atom stereocenters. The Hall–Kier alpha value is 1.36. The maximum atomic E-state index is 4.89. The van der Waals surface area contributed by atoms with Gasteiger partial charge in [-0.1, -0.05) is 0 Å². The summed E-state index contributed by atoms with van der Waals surface area (Å²) in [6, 6.07) is 0. The fourth-order valence-corrected chi connectivity index (χ4v) is 0. The molecule has 0 aromatic heterocycles. The summed E-state index contributed by atoms with van der Waals surface area (Å²) in [7, 11) is 9.78. The molecule has 0 aliphatic carbocycles. The first-order valence-electron chi connectivity index (χ1n) is 0.252. The first kappa shape index (κ1) is 58.0. The van der Waals surface area contributed by atoms with Crippen molar-refractivity contribution in [1.82, 2.24) is 24.6 Å². The van der Waals surface area contributed by atoms with Crippen molar-refractivity contribution in [2.45, 2.75) is 0 Å². The van der Waals surface area contributed by atoms with Crippen LogP contribution in [0.5, 0.6) is 0 Å². The van der Waals surface area contributed by atoms with Crippen LogP contribution in [0.25, 0.3) is 0 Å². The summed E-state index contributed by atoms with van der Waals surface area (Å²) >= 11 is -0.556. The molecule has 0 bridgehead atoms. The van der Waals surface area contributed by atoms with Gasteiger partial charge in [-0.15, -0.1) is 12.4 Å². The second kappa shape index (κ2) is 81.3. The van der Waals surface area contributed by atoms with E-state index in [0.717, 1.165) is 0 Å². The maximum absolute atomic E-state index is 4.89.